The van der Waals surface area contributed by atoms with Crippen LogP contribution in [0.4, 0.5) is 0 Å². The van der Waals surface area contributed by atoms with Gasteiger partial charge >= 0.3 is 23.9 Å². The first kappa shape index (κ1) is 33.7. The fourth-order valence-corrected chi connectivity index (χ4v) is 5.30. The van der Waals surface area contributed by atoms with E-state index in [1.165, 1.54) is 33.3 Å². The van der Waals surface area contributed by atoms with Crippen LogP contribution in [0.15, 0.2) is 30.5 Å². The fraction of sp³-hybridized carbons (Fsp3) is 0.552. The first-order valence-corrected chi connectivity index (χ1v) is 14.3. The number of fused-ring (bicyclic) bond motifs is 1. The Kier molecular flexibility index (Phi) is 12.3. The Bertz CT molecular complexity index is 1300. The van der Waals surface area contributed by atoms with E-state index in [1.807, 2.05) is 43.4 Å². The Labute approximate surface area is 255 Å². The van der Waals surface area contributed by atoms with Crippen molar-refractivity contribution in [1.29, 1.82) is 0 Å². The van der Waals surface area contributed by atoms with Gasteiger partial charge in [0.05, 0.1) is 0 Å². The van der Waals surface area contributed by atoms with Crippen molar-refractivity contribution in [3.8, 4) is 0 Å². The first-order chi connectivity index (χ1) is 20.3. The van der Waals surface area contributed by atoms with E-state index in [2.05, 4.69) is 21.7 Å². The maximum Gasteiger partial charge on any atom is 0.303 e. The zero-order valence-corrected chi connectivity index (χ0v) is 26.0. The highest BCUT2D eigenvalue weighted by Crippen LogP contribution is 2.28. The second kappa shape index (κ2) is 15.6. The highest BCUT2D eigenvalue weighted by molar-refractivity contribution is 7.80. The number of nitrogens with zero attached hydrogens (tertiary/aromatic N) is 1. The van der Waals surface area contributed by atoms with Crippen molar-refractivity contribution in [2.24, 2.45) is 0 Å². The van der Waals surface area contributed by atoms with E-state index in [9.17, 15) is 19.2 Å². The van der Waals surface area contributed by atoms with Crippen molar-refractivity contribution in [3.05, 3.63) is 36.0 Å². The standard InChI is InChI=1S/C29H40N4O9S/c1-16(34)38-15-24-25(39-17(2)35)26(40-18(3)36)27(41-19(4)37)28(42-24)32-29(43)31-21(14-33(5)6)12-11-20-13-30-23-10-8-7-9-22(20)23/h7-10,13,21,24-28,30H,11-12,14-15H2,1-6H3,(H2,31,32,43)/t21-,24+,25+,26-,27+,28+/m0/s1. The summed E-state index contributed by atoms with van der Waals surface area (Å²) in [6.07, 6.45) is -2.53. The smallest absolute Gasteiger partial charge is 0.303 e. The maximum atomic E-state index is 12.1. The number of likely N-dealkylation sites (N-methyl/N-ethyl adjacent to an activating group) is 1. The van der Waals surface area contributed by atoms with E-state index >= 15 is 0 Å². The third-order valence-electron chi connectivity index (χ3n) is 6.62. The van der Waals surface area contributed by atoms with E-state index in [1.54, 1.807) is 0 Å². The molecule has 1 aliphatic rings. The lowest BCUT2D eigenvalue weighted by Gasteiger charge is -2.44. The Hall–Kier alpha value is -3.75. The van der Waals surface area contributed by atoms with Crippen molar-refractivity contribution in [3.63, 3.8) is 0 Å². The first-order valence-electron chi connectivity index (χ1n) is 13.9. The van der Waals surface area contributed by atoms with Crippen LogP contribution in [0.5, 0.6) is 0 Å². The summed E-state index contributed by atoms with van der Waals surface area (Å²) in [4.78, 5) is 53.1. The molecule has 0 radical (unpaired) electrons. The van der Waals surface area contributed by atoms with Crippen LogP contribution in [0.25, 0.3) is 10.9 Å². The van der Waals surface area contributed by atoms with Crippen LogP contribution in [0.2, 0.25) is 0 Å². The molecule has 3 rings (SSSR count). The van der Waals surface area contributed by atoms with Crippen molar-refractivity contribution >= 4 is 52.1 Å². The predicted molar refractivity (Wildman–Crippen MR) is 160 cm³/mol. The molecule has 0 unspecified atom stereocenters. The Balaban J connectivity index is 1.81. The van der Waals surface area contributed by atoms with Crippen LogP contribution < -0.4 is 10.6 Å². The second-order valence-electron chi connectivity index (χ2n) is 10.6. The highest BCUT2D eigenvalue weighted by Gasteiger charge is 2.52. The number of thiocarbonyl (C=S) groups is 1. The lowest BCUT2D eigenvalue weighted by atomic mass is 9.97. The molecule has 1 aliphatic heterocycles. The number of H-pyrrole nitrogens is 1. The molecule has 1 aromatic heterocycles. The minimum atomic E-state index is -1.29. The van der Waals surface area contributed by atoms with Gasteiger partial charge in [0, 0.05) is 57.4 Å². The number of hydrogen-bond acceptors (Lipinski definition) is 11. The largest absolute Gasteiger partial charge is 0.463 e. The minimum absolute atomic E-state index is 0.0886. The summed E-state index contributed by atoms with van der Waals surface area (Å²) in [6, 6.07) is 8.00. The molecule has 3 N–H and O–H groups in total. The average Bonchev–Trinajstić information content (AvgIpc) is 3.31. The number of carbonyl (C=O) groups is 4. The van der Waals surface area contributed by atoms with E-state index < -0.39 is 54.5 Å². The molecule has 0 amide bonds. The van der Waals surface area contributed by atoms with Crippen molar-refractivity contribution < 1.29 is 42.9 Å². The summed E-state index contributed by atoms with van der Waals surface area (Å²) >= 11 is 5.65. The molecule has 2 heterocycles. The van der Waals surface area contributed by atoms with Crippen LogP contribution >= 0.6 is 12.2 Å². The van der Waals surface area contributed by atoms with Gasteiger partial charge in [0.25, 0.3) is 0 Å². The molecule has 14 heteroatoms. The summed E-state index contributed by atoms with van der Waals surface area (Å²) < 4.78 is 27.6. The van der Waals surface area contributed by atoms with Gasteiger partial charge in [0.1, 0.15) is 12.7 Å². The van der Waals surface area contributed by atoms with Gasteiger partial charge in [-0.05, 0) is 50.8 Å². The zero-order chi connectivity index (χ0) is 31.7. The molecule has 0 saturated carbocycles. The van der Waals surface area contributed by atoms with Crippen molar-refractivity contribution in [1.82, 2.24) is 20.5 Å². The topological polar surface area (TPSA) is 158 Å². The van der Waals surface area contributed by atoms with Crippen molar-refractivity contribution in [2.45, 2.75) is 77.2 Å². The Morgan fingerprint density at radius 1 is 0.953 bits per heavy atom. The number of rotatable bonds is 12. The number of aromatic amines is 1. The van der Waals surface area contributed by atoms with Gasteiger partial charge in [0.15, 0.2) is 29.7 Å². The molecule has 0 spiro atoms. The van der Waals surface area contributed by atoms with Crippen LogP contribution in [-0.2, 0) is 49.3 Å². The highest BCUT2D eigenvalue weighted by atomic mass is 32.1. The number of benzene rings is 1. The average molecular weight is 621 g/mol. The SMILES string of the molecule is CC(=O)OC[C@H]1O[C@@H](NC(=S)N[C@@H](CCc2c[nH]c3ccccc23)CN(C)C)[C@H](OC(C)=O)[C@@H](OC(C)=O)[C@@H]1OC(C)=O. The van der Waals surface area contributed by atoms with Gasteiger partial charge in [-0.3, -0.25) is 19.2 Å². The second-order valence-corrected chi connectivity index (χ2v) is 11.0. The predicted octanol–water partition coefficient (Wildman–Crippen LogP) is 1.58. The fourth-order valence-electron chi connectivity index (χ4n) is 5.02. The number of ether oxygens (including phenoxy) is 5. The van der Waals surface area contributed by atoms with E-state index in [0.29, 0.717) is 6.54 Å². The van der Waals surface area contributed by atoms with Crippen molar-refractivity contribution in [2.75, 3.05) is 27.2 Å². The van der Waals surface area contributed by atoms with E-state index in [0.717, 1.165) is 23.7 Å². The molecule has 236 valence electrons. The van der Waals surface area contributed by atoms with Gasteiger partial charge in [-0.2, -0.15) is 0 Å². The van der Waals surface area contributed by atoms with Gasteiger partial charge in [-0.15, -0.1) is 0 Å². The molecule has 0 bridgehead atoms. The lowest BCUT2D eigenvalue weighted by molar-refractivity contribution is -0.254. The number of para-hydroxylation sites is 1. The number of hydrogen-bond donors (Lipinski definition) is 3. The van der Waals surface area contributed by atoms with E-state index in [4.69, 9.17) is 35.9 Å². The Morgan fingerprint density at radius 3 is 2.21 bits per heavy atom. The van der Waals surface area contributed by atoms with Gasteiger partial charge in [-0.1, -0.05) is 18.2 Å². The molecule has 1 aromatic carbocycles. The summed E-state index contributed by atoms with van der Waals surface area (Å²) in [5, 5.41) is 7.68. The molecular formula is C29H40N4O9S. The normalized spacial score (nSPS) is 22.3. The molecular weight excluding hydrogens is 580 g/mol. The summed E-state index contributed by atoms with van der Waals surface area (Å²) in [5.74, 6) is -2.71. The maximum absolute atomic E-state index is 12.1. The molecule has 0 aliphatic carbocycles. The summed E-state index contributed by atoms with van der Waals surface area (Å²) in [6.45, 7) is 5.05. The monoisotopic (exact) mass is 620 g/mol. The molecule has 6 atom stereocenters. The quantitative estimate of drug-likeness (QED) is 0.179. The van der Waals surface area contributed by atoms with Gasteiger partial charge < -0.3 is 44.2 Å². The number of esters is 4. The lowest BCUT2D eigenvalue weighted by Crippen LogP contribution is -2.67. The van der Waals surface area contributed by atoms with Crippen LogP contribution in [-0.4, -0.2) is 103 Å². The molecule has 2 aromatic rings. The minimum Gasteiger partial charge on any atom is -0.463 e. The third kappa shape index (κ3) is 10.2. The van der Waals surface area contributed by atoms with E-state index in [-0.39, 0.29) is 17.8 Å². The summed E-state index contributed by atoms with van der Waals surface area (Å²) in [5.41, 5.74) is 2.25. The number of aryl methyl sites for hydroxylation is 1. The van der Waals surface area contributed by atoms with Crippen LogP contribution in [0, 0.1) is 0 Å². The van der Waals surface area contributed by atoms with Crippen LogP contribution in [0.1, 0.15) is 39.7 Å². The summed E-state index contributed by atoms with van der Waals surface area (Å²) in [7, 11) is 3.91. The molecule has 1 saturated heterocycles. The van der Waals surface area contributed by atoms with Gasteiger partial charge in [-0.25, -0.2) is 0 Å². The van der Waals surface area contributed by atoms with Gasteiger partial charge in [0.2, 0.25) is 0 Å². The molecule has 1 fully saturated rings. The zero-order valence-electron chi connectivity index (χ0n) is 25.2. The van der Waals surface area contributed by atoms with Crippen LogP contribution in [0.3, 0.4) is 0 Å². The molecule has 13 nitrogen and oxygen atoms in total. The number of aromatic nitrogens is 1. The Morgan fingerprint density at radius 2 is 1.58 bits per heavy atom. The molecule has 43 heavy (non-hydrogen) atoms. The number of nitrogens with one attached hydrogen (secondary N) is 3. The third-order valence-corrected chi connectivity index (χ3v) is 6.86. The number of carbonyl (C=O) groups excluding carboxylic acids is 4.